The van der Waals surface area contributed by atoms with Crippen LogP contribution in [0.4, 0.5) is 11.4 Å². The van der Waals surface area contributed by atoms with Gasteiger partial charge in [0.05, 0.1) is 11.1 Å². The summed E-state index contributed by atoms with van der Waals surface area (Å²) in [6.45, 7) is 2.00. The number of ether oxygens (including phenoxy) is 1. The fraction of sp³-hybridized carbons (Fsp3) is 0.400. The molecule has 2 aromatic carbocycles. The van der Waals surface area contributed by atoms with Crippen molar-refractivity contribution in [3.63, 3.8) is 0 Å². The Morgan fingerprint density at radius 2 is 2.00 bits per heavy atom. The zero-order valence-electron chi connectivity index (χ0n) is 18.4. The van der Waals surface area contributed by atoms with Crippen LogP contribution in [0.1, 0.15) is 43.2 Å². The highest BCUT2D eigenvalue weighted by Gasteiger charge is 2.52. The summed E-state index contributed by atoms with van der Waals surface area (Å²) >= 11 is 0. The molecule has 3 aliphatic rings. The van der Waals surface area contributed by atoms with E-state index >= 15 is 0 Å². The van der Waals surface area contributed by atoms with Crippen LogP contribution in [0.2, 0.25) is 0 Å². The predicted octanol–water partition coefficient (Wildman–Crippen LogP) is 4.00. The number of amidine groups is 1. The van der Waals surface area contributed by atoms with Gasteiger partial charge in [0.15, 0.2) is 0 Å². The van der Waals surface area contributed by atoms with Crippen LogP contribution < -0.4 is 15.4 Å². The monoisotopic (exact) mass is 431 g/mol. The SMILES string of the molecule is CN1CCC(Oc2cc(/C(=N/C=N)Nc3ccccc3)cc3c2NC(=O)C32CCC2)CC1. The number of likely N-dealkylation sites (tertiary alicyclic amines) is 1. The van der Waals surface area contributed by atoms with Gasteiger partial charge in [-0.05, 0) is 62.6 Å². The summed E-state index contributed by atoms with van der Waals surface area (Å²) in [6, 6.07) is 13.8. The number of piperidine rings is 1. The lowest BCUT2D eigenvalue weighted by atomic mass is 9.65. The van der Waals surface area contributed by atoms with E-state index < -0.39 is 5.41 Å². The van der Waals surface area contributed by atoms with Crippen molar-refractivity contribution in [2.45, 2.75) is 43.6 Å². The van der Waals surface area contributed by atoms with Crippen molar-refractivity contribution < 1.29 is 9.53 Å². The maximum Gasteiger partial charge on any atom is 0.235 e. The first-order valence-corrected chi connectivity index (χ1v) is 11.3. The van der Waals surface area contributed by atoms with Gasteiger partial charge in [-0.2, -0.15) is 0 Å². The molecule has 2 heterocycles. The topological polar surface area (TPSA) is 89.8 Å². The summed E-state index contributed by atoms with van der Waals surface area (Å²) in [6.07, 6.45) is 5.82. The van der Waals surface area contributed by atoms with Crippen molar-refractivity contribution >= 4 is 29.5 Å². The Hall–Kier alpha value is -3.19. The molecule has 0 unspecified atom stereocenters. The van der Waals surface area contributed by atoms with Gasteiger partial charge in [-0.1, -0.05) is 24.6 Å². The third-order valence-corrected chi connectivity index (χ3v) is 6.96. The van der Waals surface area contributed by atoms with Crippen LogP contribution in [0.15, 0.2) is 47.5 Å². The Bertz CT molecular complexity index is 1050. The summed E-state index contributed by atoms with van der Waals surface area (Å²) in [4.78, 5) is 19.6. The van der Waals surface area contributed by atoms with Gasteiger partial charge in [0.1, 0.15) is 24.0 Å². The van der Waals surface area contributed by atoms with Crippen molar-refractivity contribution in [2.75, 3.05) is 30.8 Å². The number of anilines is 2. The van der Waals surface area contributed by atoms with E-state index in [-0.39, 0.29) is 12.0 Å². The van der Waals surface area contributed by atoms with Gasteiger partial charge in [-0.3, -0.25) is 10.2 Å². The molecule has 0 bridgehead atoms. The molecule has 7 heteroatoms. The number of carbonyl (C=O) groups excluding carboxylic acids is 1. The molecule has 1 saturated carbocycles. The molecule has 0 atom stereocenters. The van der Waals surface area contributed by atoms with E-state index in [1.165, 1.54) is 0 Å². The van der Waals surface area contributed by atoms with E-state index in [9.17, 15) is 4.79 Å². The van der Waals surface area contributed by atoms with Crippen molar-refractivity contribution in [1.82, 2.24) is 4.90 Å². The molecule has 5 rings (SSSR count). The Morgan fingerprint density at radius 1 is 1.25 bits per heavy atom. The van der Waals surface area contributed by atoms with Crippen molar-refractivity contribution in [2.24, 2.45) is 4.99 Å². The highest BCUT2D eigenvalue weighted by molar-refractivity contribution is 6.14. The predicted molar refractivity (Wildman–Crippen MR) is 127 cm³/mol. The number of benzene rings is 2. The lowest BCUT2D eigenvalue weighted by molar-refractivity contribution is -0.123. The second kappa shape index (κ2) is 8.39. The Kier molecular flexibility index (Phi) is 5.43. The Balaban J connectivity index is 1.54. The molecule has 3 N–H and O–H groups in total. The summed E-state index contributed by atoms with van der Waals surface area (Å²) < 4.78 is 6.49. The first-order chi connectivity index (χ1) is 15.6. The zero-order chi connectivity index (χ0) is 22.1. The van der Waals surface area contributed by atoms with Gasteiger partial charge in [-0.25, -0.2) is 4.99 Å². The Labute approximate surface area is 188 Å². The number of para-hydroxylation sites is 1. The first-order valence-electron chi connectivity index (χ1n) is 11.3. The summed E-state index contributed by atoms with van der Waals surface area (Å²) in [5.74, 6) is 1.35. The lowest BCUT2D eigenvalue weighted by Gasteiger charge is -2.36. The van der Waals surface area contributed by atoms with Gasteiger partial charge in [-0.15, -0.1) is 0 Å². The molecule has 1 aliphatic carbocycles. The number of amides is 1. The molecule has 1 amide bonds. The quantitative estimate of drug-likeness (QED) is 0.493. The van der Waals surface area contributed by atoms with Crippen LogP contribution in [0.3, 0.4) is 0 Å². The highest BCUT2D eigenvalue weighted by Crippen LogP contribution is 2.54. The number of fused-ring (bicyclic) bond motifs is 2. The largest absolute Gasteiger partial charge is 0.488 e. The molecule has 7 nitrogen and oxygen atoms in total. The van der Waals surface area contributed by atoms with Crippen LogP contribution in [0.25, 0.3) is 0 Å². The lowest BCUT2D eigenvalue weighted by Crippen LogP contribution is -2.40. The molecule has 32 heavy (non-hydrogen) atoms. The number of nitrogens with zero attached hydrogens (tertiary/aromatic N) is 2. The summed E-state index contributed by atoms with van der Waals surface area (Å²) in [5, 5.41) is 14.0. The minimum absolute atomic E-state index is 0.0747. The van der Waals surface area contributed by atoms with Crippen LogP contribution >= 0.6 is 0 Å². The Morgan fingerprint density at radius 3 is 2.66 bits per heavy atom. The fourth-order valence-corrected chi connectivity index (χ4v) is 4.92. The smallest absolute Gasteiger partial charge is 0.235 e. The van der Waals surface area contributed by atoms with Crippen molar-refractivity contribution in [3.05, 3.63) is 53.6 Å². The average Bonchev–Trinajstić information content (AvgIpc) is 3.08. The average molecular weight is 432 g/mol. The van der Waals surface area contributed by atoms with Gasteiger partial charge >= 0.3 is 0 Å². The van der Waals surface area contributed by atoms with Gasteiger partial charge < -0.3 is 20.3 Å². The van der Waals surface area contributed by atoms with E-state index in [1.807, 2.05) is 42.5 Å². The molecule has 2 aromatic rings. The van der Waals surface area contributed by atoms with Crippen LogP contribution in [0.5, 0.6) is 5.75 Å². The van der Waals surface area contributed by atoms with E-state index in [4.69, 9.17) is 10.1 Å². The molecule has 1 saturated heterocycles. The molecular formula is C25H29N5O2. The van der Waals surface area contributed by atoms with E-state index in [0.29, 0.717) is 11.6 Å². The van der Waals surface area contributed by atoms with E-state index in [0.717, 1.165) is 74.0 Å². The summed E-state index contributed by atoms with van der Waals surface area (Å²) in [7, 11) is 2.13. The number of hydrogen-bond acceptors (Lipinski definition) is 4. The third kappa shape index (κ3) is 3.66. The highest BCUT2D eigenvalue weighted by atomic mass is 16.5. The molecule has 2 aliphatic heterocycles. The molecule has 166 valence electrons. The number of hydrogen-bond donors (Lipinski definition) is 3. The van der Waals surface area contributed by atoms with Crippen LogP contribution in [0, 0.1) is 5.41 Å². The molecule has 1 spiro atoms. The molecule has 0 aromatic heterocycles. The second-order valence-corrected chi connectivity index (χ2v) is 9.01. The van der Waals surface area contributed by atoms with Gasteiger partial charge in [0, 0.05) is 24.3 Å². The second-order valence-electron chi connectivity index (χ2n) is 9.01. The molecular weight excluding hydrogens is 402 g/mol. The van der Waals surface area contributed by atoms with Crippen molar-refractivity contribution in [3.8, 4) is 5.75 Å². The number of carbonyl (C=O) groups is 1. The standard InChI is InChI=1S/C25H29N5O2/c1-30-12-8-19(9-13-30)32-21-15-17(23(27-16-26)28-18-6-3-2-4-7-18)14-20-22(21)29-24(31)25(20)10-5-11-25/h2-4,6-7,14-16,19H,5,8-13H2,1H3,(H,29,31)(H2,26,27,28). The van der Waals surface area contributed by atoms with Crippen molar-refractivity contribution in [1.29, 1.82) is 5.41 Å². The van der Waals surface area contributed by atoms with Gasteiger partial charge in [0.2, 0.25) is 5.91 Å². The fourth-order valence-electron chi connectivity index (χ4n) is 4.92. The third-order valence-electron chi connectivity index (χ3n) is 6.96. The van der Waals surface area contributed by atoms with E-state index in [2.05, 4.69) is 27.6 Å². The number of aliphatic imine (C=N–C) groups is 1. The van der Waals surface area contributed by atoms with Crippen LogP contribution in [-0.2, 0) is 10.2 Å². The normalized spacial score (nSPS) is 20.4. The number of rotatable bonds is 5. The van der Waals surface area contributed by atoms with Crippen LogP contribution in [-0.4, -0.2) is 49.2 Å². The van der Waals surface area contributed by atoms with E-state index in [1.54, 1.807) is 0 Å². The van der Waals surface area contributed by atoms with Gasteiger partial charge in [0.25, 0.3) is 0 Å². The first kappa shape index (κ1) is 20.7. The minimum atomic E-state index is -0.460. The number of nitrogens with one attached hydrogen (secondary N) is 3. The minimum Gasteiger partial charge on any atom is -0.488 e. The molecule has 2 fully saturated rings. The maximum atomic E-state index is 13.0. The maximum absolute atomic E-state index is 13.0. The zero-order valence-corrected chi connectivity index (χ0v) is 18.4. The molecule has 0 radical (unpaired) electrons. The summed E-state index contributed by atoms with van der Waals surface area (Å²) in [5.41, 5.74) is 3.06.